The van der Waals surface area contributed by atoms with E-state index in [1.165, 1.54) is 0 Å². The lowest BCUT2D eigenvalue weighted by Crippen LogP contribution is -2.46. The number of benzene rings is 2. The van der Waals surface area contributed by atoms with E-state index in [1.54, 1.807) is 12.1 Å². The molecule has 2 unspecified atom stereocenters. The minimum absolute atomic E-state index is 0.0156. The highest BCUT2D eigenvalue weighted by Crippen LogP contribution is 2.43. The lowest BCUT2D eigenvalue weighted by Gasteiger charge is -2.41. The molecule has 4 atom stereocenters. The van der Waals surface area contributed by atoms with E-state index in [4.69, 9.17) is 21.1 Å². The fraction of sp³-hybridized carbons (Fsp3) is 0.440. The molecule has 2 saturated heterocycles. The van der Waals surface area contributed by atoms with Gasteiger partial charge in [-0.2, -0.15) is 0 Å². The number of azide groups is 1. The zero-order chi connectivity index (χ0) is 24.3. The van der Waals surface area contributed by atoms with E-state index in [1.807, 2.05) is 56.3 Å². The molecule has 4 rings (SSSR count). The first-order valence-electron chi connectivity index (χ1n) is 11.3. The maximum absolute atomic E-state index is 13.9. The van der Waals surface area contributed by atoms with Crippen LogP contribution in [0.1, 0.15) is 49.8 Å². The number of imide groups is 1. The number of ether oxygens (including phenoxy) is 2. The number of halogens is 1. The van der Waals surface area contributed by atoms with Crippen LogP contribution >= 0.6 is 11.6 Å². The molecule has 0 N–H and O–H groups in total. The molecular formula is C25H27ClN4O4. The number of nitrogens with zero attached hydrogens (tertiary/aromatic N) is 4. The SMILES string of the molecule is CC1(C)CC([C@H](c2ccc(Cl)cc2)[C@H](N=[N+]=[N-])C(=O)N2C(=O)OCC2c2ccccc2)CCO1. The van der Waals surface area contributed by atoms with Crippen LogP contribution in [0, 0.1) is 5.92 Å². The van der Waals surface area contributed by atoms with Gasteiger partial charge in [-0.05, 0) is 61.4 Å². The Morgan fingerprint density at radius 2 is 1.91 bits per heavy atom. The van der Waals surface area contributed by atoms with Crippen molar-refractivity contribution in [1.29, 1.82) is 0 Å². The second kappa shape index (κ2) is 10.1. The van der Waals surface area contributed by atoms with Crippen LogP contribution in [0.5, 0.6) is 0 Å². The Morgan fingerprint density at radius 3 is 2.56 bits per heavy atom. The summed E-state index contributed by atoms with van der Waals surface area (Å²) >= 11 is 6.12. The highest BCUT2D eigenvalue weighted by atomic mass is 35.5. The van der Waals surface area contributed by atoms with Crippen LogP contribution < -0.4 is 0 Å². The van der Waals surface area contributed by atoms with Crippen molar-refractivity contribution in [1.82, 2.24) is 4.90 Å². The lowest BCUT2D eigenvalue weighted by molar-refractivity contribution is -0.132. The summed E-state index contributed by atoms with van der Waals surface area (Å²) in [5.41, 5.74) is 10.6. The minimum atomic E-state index is -1.14. The van der Waals surface area contributed by atoms with Crippen LogP contribution in [0.15, 0.2) is 59.7 Å². The molecule has 178 valence electrons. The van der Waals surface area contributed by atoms with Gasteiger partial charge < -0.3 is 9.47 Å². The molecule has 2 fully saturated rings. The summed E-state index contributed by atoms with van der Waals surface area (Å²) in [6.45, 7) is 4.59. The molecule has 2 aliphatic heterocycles. The fourth-order valence-electron chi connectivity index (χ4n) is 5.04. The highest BCUT2D eigenvalue weighted by molar-refractivity contribution is 6.30. The van der Waals surface area contributed by atoms with Crippen molar-refractivity contribution >= 4 is 23.6 Å². The van der Waals surface area contributed by atoms with Gasteiger partial charge in [0.2, 0.25) is 5.91 Å². The Labute approximate surface area is 203 Å². The predicted octanol–water partition coefficient (Wildman–Crippen LogP) is 6.03. The van der Waals surface area contributed by atoms with E-state index < -0.39 is 35.6 Å². The van der Waals surface area contributed by atoms with Crippen LogP contribution in [0.4, 0.5) is 4.79 Å². The number of carbonyl (C=O) groups is 2. The summed E-state index contributed by atoms with van der Waals surface area (Å²) in [5.74, 6) is -1.05. The Balaban J connectivity index is 1.75. The topological polar surface area (TPSA) is 105 Å². The maximum atomic E-state index is 13.9. The molecule has 0 radical (unpaired) electrons. The van der Waals surface area contributed by atoms with Crippen LogP contribution in [0.3, 0.4) is 0 Å². The van der Waals surface area contributed by atoms with Gasteiger partial charge in [0.05, 0.1) is 5.60 Å². The Morgan fingerprint density at radius 1 is 1.21 bits per heavy atom. The Bertz CT molecular complexity index is 1090. The van der Waals surface area contributed by atoms with Crippen LogP contribution in [-0.4, -0.2) is 41.8 Å². The third-order valence-corrected chi connectivity index (χ3v) is 6.81. The molecule has 34 heavy (non-hydrogen) atoms. The number of hydrogen-bond donors (Lipinski definition) is 0. The van der Waals surface area contributed by atoms with Crippen LogP contribution in [0.2, 0.25) is 5.02 Å². The molecule has 2 aliphatic rings. The number of carbonyl (C=O) groups excluding carboxylic acids is 2. The third kappa shape index (κ3) is 5.04. The van der Waals surface area contributed by atoms with E-state index >= 15 is 0 Å². The minimum Gasteiger partial charge on any atom is -0.446 e. The number of hydrogen-bond acceptors (Lipinski definition) is 5. The van der Waals surface area contributed by atoms with E-state index in [0.717, 1.165) is 16.0 Å². The monoisotopic (exact) mass is 482 g/mol. The highest BCUT2D eigenvalue weighted by Gasteiger charge is 2.46. The first-order chi connectivity index (χ1) is 16.3. The second-order valence-electron chi connectivity index (χ2n) is 9.30. The largest absolute Gasteiger partial charge is 0.446 e. The summed E-state index contributed by atoms with van der Waals surface area (Å²) < 4.78 is 11.2. The molecule has 0 saturated carbocycles. The van der Waals surface area contributed by atoms with Gasteiger partial charge >= 0.3 is 6.09 Å². The first kappa shape index (κ1) is 24.1. The van der Waals surface area contributed by atoms with Crippen molar-refractivity contribution in [3.8, 4) is 0 Å². The number of rotatable bonds is 6. The van der Waals surface area contributed by atoms with Crippen LogP contribution in [0.25, 0.3) is 10.4 Å². The van der Waals surface area contributed by atoms with E-state index in [2.05, 4.69) is 10.0 Å². The van der Waals surface area contributed by atoms with E-state index in [9.17, 15) is 15.1 Å². The molecule has 2 heterocycles. The van der Waals surface area contributed by atoms with Gasteiger partial charge in [0.1, 0.15) is 18.7 Å². The fourth-order valence-corrected chi connectivity index (χ4v) is 5.17. The molecule has 2 aromatic carbocycles. The van der Waals surface area contributed by atoms with Crippen molar-refractivity contribution in [2.24, 2.45) is 11.0 Å². The maximum Gasteiger partial charge on any atom is 0.417 e. The van der Waals surface area contributed by atoms with Gasteiger partial charge in [-0.1, -0.05) is 59.2 Å². The van der Waals surface area contributed by atoms with Crippen molar-refractivity contribution in [3.05, 3.63) is 81.2 Å². The molecule has 9 heteroatoms. The second-order valence-corrected chi connectivity index (χ2v) is 9.74. The lowest BCUT2D eigenvalue weighted by atomic mass is 9.73. The van der Waals surface area contributed by atoms with Crippen molar-refractivity contribution in [2.75, 3.05) is 13.2 Å². The summed E-state index contributed by atoms with van der Waals surface area (Å²) in [6.07, 6.45) is 0.616. The Kier molecular flexibility index (Phi) is 7.12. The van der Waals surface area contributed by atoms with E-state index in [0.29, 0.717) is 24.5 Å². The normalized spacial score (nSPS) is 23.5. The Hall–Kier alpha value is -3.06. The summed E-state index contributed by atoms with van der Waals surface area (Å²) in [7, 11) is 0. The summed E-state index contributed by atoms with van der Waals surface area (Å²) in [4.78, 5) is 30.7. The van der Waals surface area contributed by atoms with Gasteiger partial charge in [-0.3, -0.25) is 4.79 Å². The molecule has 0 bridgehead atoms. The standard InChI is InChI=1S/C25H27ClN4O4/c1-25(2)14-18(12-13-34-25)21(17-8-10-19(26)11-9-17)22(28-29-27)23(31)30-20(15-33-24(30)32)16-6-4-3-5-7-16/h3-11,18,20-22H,12-15H2,1-2H3/t18?,20?,21-,22-/m0/s1. The predicted molar refractivity (Wildman–Crippen MR) is 127 cm³/mol. The third-order valence-electron chi connectivity index (χ3n) is 6.56. The summed E-state index contributed by atoms with van der Waals surface area (Å²) in [6, 6.07) is 14.7. The van der Waals surface area contributed by atoms with Crippen molar-refractivity contribution in [2.45, 2.75) is 50.3 Å². The molecule has 8 nitrogen and oxygen atoms in total. The molecule has 0 aromatic heterocycles. The molecular weight excluding hydrogens is 456 g/mol. The number of cyclic esters (lactones) is 1. The van der Waals surface area contributed by atoms with Gasteiger partial charge in [0, 0.05) is 22.5 Å². The van der Waals surface area contributed by atoms with Gasteiger partial charge in [-0.15, -0.1) is 0 Å². The van der Waals surface area contributed by atoms with Crippen molar-refractivity contribution in [3.63, 3.8) is 0 Å². The molecule has 0 spiro atoms. The average Bonchev–Trinajstić information content (AvgIpc) is 3.21. The molecule has 0 aliphatic carbocycles. The quantitative estimate of drug-likeness (QED) is 0.285. The first-order valence-corrected chi connectivity index (χ1v) is 11.7. The van der Waals surface area contributed by atoms with Gasteiger partial charge in [0.15, 0.2) is 0 Å². The number of amides is 2. The smallest absolute Gasteiger partial charge is 0.417 e. The average molecular weight is 483 g/mol. The van der Waals surface area contributed by atoms with Gasteiger partial charge in [-0.25, -0.2) is 9.69 Å². The van der Waals surface area contributed by atoms with Crippen molar-refractivity contribution < 1.29 is 19.1 Å². The van der Waals surface area contributed by atoms with Gasteiger partial charge in [0.25, 0.3) is 0 Å². The zero-order valence-electron chi connectivity index (χ0n) is 19.1. The van der Waals surface area contributed by atoms with Crippen LogP contribution in [-0.2, 0) is 14.3 Å². The zero-order valence-corrected chi connectivity index (χ0v) is 19.9. The van der Waals surface area contributed by atoms with E-state index in [-0.39, 0.29) is 12.5 Å². The molecule has 2 aromatic rings. The summed E-state index contributed by atoms with van der Waals surface area (Å²) in [5, 5.41) is 4.52. The molecule has 2 amide bonds.